The number of amides is 2. The van der Waals surface area contributed by atoms with Crippen molar-refractivity contribution in [3.05, 3.63) is 16.1 Å². The summed E-state index contributed by atoms with van der Waals surface area (Å²) in [5, 5.41) is 5.14. The van der Waals surface area contributed by atoms with Crippen molar-refractivity contribution in [1.29, 1.82) is 0 Å². The van der Waals surface area contributed by atoms with Crippen molar-refractivity contribution in [3.8, 4) is 0 Å². The van der Waals surface area contributed by atoms with Crippen molar-refractivity contribution in [3.63, 3.8) is 0 Å². The normalized spacial score (nSPS) is 10.4. The lowest BCUT2D eigenvalue weighted by molar-refractivity contribution is 0.0520. The molecule has 1 aromatic rings. The molecule has 0 aliphatic heterocycles. The second-order valence-electron chi connectivity index (χ2n) is 4.40. The van der Waals surface area contributed by atoms with Crippen LogP contribution in [0.3, 0.4) is 0 Å². The molecule has 0 radical (unpaired) electrons. The first-order valence-electron chi connectivity index (χ1n) is 6.65. The standard InChI is InChI=1S/C13H21N3O3S/c1-5-14-13(18)16(9(3)4)7-11-15-10(8-20-11)12(17)19-6-2/h8-9H,5-7H2,1-4H3,(H,14,18). The molecule has 1 N–H and O–H groups in total. The van der Waals surface area contributed by atoms with E-state index < -0.39 is 5.97 Å². The minimum Gasteiger partial charge on any atom is -0.461 e. The van der Waals surface area contributed by atoms with Crippen LogP contribution in [0.5, 0.6) is 0 Å². The number of carbonyl (C=O) groups is 2. The molecular formula is C13H21N3O3S. The highest BCUT2D eigenvalue weighted by molar-refractivity contribution is 7.09. The molecule has 0 fully saturated rings. The van der Waals surface area contributed by atoms with E-state index >= 15 is 0 Å². The van der Waals surface area contributed by atoms with Gasteiger partial charge in [0.25, 0.3) is 0 Å². The molecule has 0 saturated heterocycles. The van der Waals surface area contributed by atoms with E-state index in [-0.39, 0.29) is 12.1 Å². The third-order valence-electron chi connectivity index (χ3n) is 2.55. The summed E-state index contributed by atoms with van der Waals surface area (Å²) < 4.78 is 4.89. The van der Waals surface area contributed by atoms with Crippen LogP contribution in [0.4, 0.5) is 4.79 Å². The highest BCUT2D eigenvalue weighted by Gasteiger charge is 2.19. The highest BCUT2D eigenvalue weighted by Crippen LogP contribution is 2.15. The molecule has 7 heteroatoms. The quantitative estimate of drug-likeness (QED) is 0.818. The molecule has 0 spiro atoms. The summed E-state index contributed by atoms with van der Waals surface area (Å²) in [6.07, 6.45) is 0. The fraction of sp³-hybridized carbons (Fsp3) is 0.615. The summed E-state index contributed by atoms with van der Waals surface area (Å²) in [6, 6.07) is -0.0770. The van der Waals surface area contributed by atoms with Crippen molar-refractivity contribution in [2.75, 3.05) is 13.2 Å². The largest absolute Gasteiger partial charge is 0.461 e. The van der Waals surface area contributed by atoms with Gasteiger partial charge in [-0.15, -0.1) is 11.3 Å². The van der Waals surface area contributed by atoms with E-state index in [9.17, 15) is 9.59 Å². The zero-order valence-electron chi connectivity index (χ0n) is 12.3. The Hall–Kier alpha value is -1.63. The van der Waals surface area contributed by atoms with Crippen LogP contribution in [0.1, 0.15) is 43.2 Å². The van der Waals surface area contributed by atoms with Gasteiger partial charge in [-0.1, -0.05) is 0 Å². The monoisotopic (exact) mass is 299 g/mol. The van der Waals surface area contributed by atoms with E-state index in [2.05, 4.69) is 10.3 Å². The number of hydrogen-bond donors (Lipinski definition) is 1. The number of aromatic nitrogens is 1. The number of thiazole rings is 1. The van der Waals surface area contributed by atoms with Gasteiger partial charge in [0.15, 0.2) is 5.69 Å². The second-order valence-corrected chi connectivity index (χ2v) is 5.35. The summed E-state index contributed by atoms with van der Waals surface area (Å²) in [5.41, 5.74) is 0.298. The van der Waals surface area contributed by atoms with Gasteiger partial charge in [0, 0.05) is 18.0 Å². The molecule has 2 amide bonds. The van der Waals surface area contributed by atoms with Gasteiger partial charge in [-0.3, -0.25) is 0 Å². The summed E-state index contributed by atoms with van der Waals surface area (Å²) in [6.45, 7) is 8.79. The predicted octanol–water partition coefficient (Wildman–Crippen LogP) is 2.26. The number of ether oxygens (including phenoxy) is 1. The molecule has 0 atom stereocenters. The molecule has 0 aliphatic carbocycles. The maximum absolute atomic E-state index is 11.9. The van der Waals surface area contributed by atoms with Crippen molar-refractivity contribution < 1.29 is 14.3 Å². The van der Waals surface area contributed by atoms with Crippen LogP contribution in [0, 0.1) is 0 Å². The van der Waals surface area contributed by atoms with Gasteiger partial charge in [0.2, 0.25) is 0 Å². The van der Waals surface area contributed by atoms with Crippen molar-refractivity contribution in [2.45, 2.75) is 40.3 Å². The number of hydrogen-bond acceptors (Lipinski definition) is 5. The van der Waals surface area contributed by atoms with Crippen LogP contribution in [0.25, 0.3) is 0 Å². The minimum atomic E-state index is -0.427. The number of nitrogens with zero attached hydrogens (tertiary/aromatic N) is 2. The van der Waals surface area contributed by atoms with Gasteiger partial charge >= 0.3 is 12.0 Å². The SMILES string of the molecule is CCNC(=O)N(Cc1nc(C(=O)OCC)cs1)C(C)C. The summed E-state index contributed by atoms with van der Waals surface area (Å²) in [7, 11) is 0. The number of esters is 1. The Morgan fingerprint density at radius 3 is 2.70 bits per heavy atom. The first-order valence-corrected chi connectivity index (χ1v) is 7.53. The molecule has 20 heavy (non-hydrogen) atoms. The summed E-state index contributed by atoms with van der Waals surface area (Å²) in [5.74, 6) is -0.427. The molecule has 0 bridgehead atoms. The Labute approximate surface area is 123 Å². The Bertz CT molecular complexity index is 459. The van der Waals surface area contributed by atoms with Gasteiger partial charge in [-0.05, 0) is 27.7 Å². The predicted molar refractivity (Wildman–Crippen MR) is 77.8 cm³/mol. The maximum Gasteiger partial charge on any atom is 0.357 e. The highest BCUT2D eigenvalue weighted by atomic mass is 32.1. The minimum absolute atomic E-state index is 0.0523. The van der Waals surface area contributed by atoms with Crippen molar-refractivity contribution >= 4 is 23.3 Å². The topological polar surface area (TPSA) is 71.5 Å². The van der Waals surface area contributed by atoms with Crippen LogP contribution in [0.2, 0.25) is 0 Å². The van der Waals surface area contributed by atoms with E-state index in [4.69, 9.17) is 4.74 Å². The van der Waals surface area contributed by atoms with Crippen LogP contribution >= 0.6 is 11.3 Å². The van der Waals surface area contributed by atoms with Crippen LogP contribution < -0.4 is 5.32 Å². The van der Waals surface area contributed by atoms with E-state index in [1.807, 2.05) is 20.8 Å². The molecule has 6 nitrogen and oxygen atoms in total. The molecule has 1 heterocycles. The average Bonchev–Trinajstić information content (AvgIpc) is 2.84. The molecule has 0 unspecified atom stereocenters. The molecule has 1 aromatic heterocycles. The third-order valence-corrected chi connectivity index (χ3v) is 3.39. The fourth-order valence-electron chi connectivity index (χ4n) is 1.57. The van der Waals surface area contributed by atoms with Gasteiger partial charge in [-0.2, -0.15) is 0 Å². The van der Waals surface area contributed by atoms with Gasteiger partial charge in [0.1, 0.15) is 5.01 Å². The zero-order chi connectivity index (χ0) is 15.1. The van der Waals surface area contributed by atoms with Gasteiger partial charge < -0.3 is 15.0 Å². The molecule has 112 valence electrons. The van der Waals surface area contributed by atoms with E-state index in [0.717, 1.165) is 0 Å². The lowest BCUT2D eigenvalue weighted by Crippen LogP contribution is -2.43. The molecular weight excluding hydrogens is 278 g/mol. The number of nitrogens with one attached hydrogen (secondary N) is 1. The first kappa shape index (κ1) is 16.4. The summed E-state index contributed by atoms with van der Waals surface area (Å²) >= 11 is 1.35. The average molecular weight is 299 g/mol. The van der Waals surface area contributed by atoms with Gasteiger partial charge in [0.05, 0.1) is 13.2 Å². The van der Waals surface area contributed by atoms with Gasteiger partial charge in [-0.25, -0.2) is 14.6 Å². The molecule has 1 rings (SSSR count). The van der Waals surface area contributed by atoms with E-state index in [0.29, 0.717) is 30.4 Å². The number of urea groups is 1. The lowest BCUT2D eigenvalue weighted by atomic mass is 10.3. The Morgan fingerprint density at radius 2 is 2.15 bits per heavy atom. The molecule has 0 saturated carbocycles. The Morgan fingerprint density at radius 1 is 1.45 bits per heavy atom. The smallest absolute Gasteiger partial charge is 0.357 e. The Balaban J connectivity index is 2.74. The van der Waals surface area contributed by atoms with Crippen molar-refractivity contribution in [1.82, 2.24) is 15.2 Å². The fourth-order valence-corrected chi connectivity index (χ4v) is 2.33. The van der Waals surface area contributed by atoms with Crippen LogP contribution in [-0.2, 0) is 11.3 Å². The summed E-state index contributed by atoms with van der Waals surface area (Å²) in [4.78, 5) is 29.4. The zero-order valence-corrected chi connectivity index (χ0v) is 13.1. The number of carbonyl (C=O) groups excluding carboxylic acids is 2. The van der Waals surface area contributed by atoms with Crippen molar-refractivity contribution in [2.24, 2.45) is 0 Å². The first-order chi connectivity index (χ1) is 9.49. The Kier molecular flexibility index (Phi) is 6.44. The lowest BCUT2D eigenvalue weighted by Gasteiger charge is -2.25. The third kappa shape index (κ3) is 4.48. The molecule has 0 aromatic carbocycles. The van der Waals surface area contributed by atoms with E-state index in [1.165, 1.54) is 11.3 Å². The maximum atomic E-state index is 11.9. The van der Waals surface area contributed by atoms with E-state index in [1.54, 1.807) is 17.2 Å². The van der Waals surface area contributed by atoms with Crippen LogP contribution in [-0.4, -0.2) is 41.1 Å². The second kappa shape index (κ2) is 7.84. The van der Waals surface area contributed by atoms with Crippen LogP contribution in [0.15, 0.2) is 5.38 Å². The molecule has 0 aliphatic rings. The number of rotatable bonds is 6.